The summed E-state index contributed by atoms with van der Waals surface area (Å²) < 4.78 is 1.75. The molecule has 0 radical (unpaired) electrons. The van der Waals surface area contributed by atoms with Crippen LogP contribution in [0.25, 0.3) is 0 Å². The predicted molar refractivity (Wildman–Crippen MR) is 79.0 cm³/mol. The number of hydrogen-bond acceptors (Lipinski definition) is 4. The van der Waals surface area contributed by atoms with Crippen molar-refractivity contribution in [2.24, 2.45) is 0 Å². The summed E-state index contributed by atoms with van der Waals surface area (Å²) >= 11 is 0. The number of amides is 1. The average molecular weight is 292 g/mol. The zero-order chi connectivity index (χ0) is 14.9. The van der Waals surface area contributed by atoms with Crippen molar-refractivity contribution in [3.8, 4) is 0 Å². The van der Waals surface area contributed by atoms with Crippen LogP contribution in [0.1, 0.15) is 36.5 Å². The van der Waals surface area contributed by atoms with Crippen LogP contribution in [0.15, 0.2) is 12.4 Å². The smallest absolute Gasteiger partial charge is 0.257 e. The molecule has 0 saturated carbocycles. The van der Waals surface area contributed by atoms with E-state index in [1.54, 1.807) is 22.0 Å². The second kappa shape index (κ2) is 5.77. The number of rotatable bonds is 4. The van der Waals surface area contributed by atoms with Crippen molar-refractivity contribution in [2.45, 2.75) is 38.3 Å². The molecule has 0 spiro atoms. The Kier molecular flexibility index (Phi) is 3.99. The monoisotopic (exact) mass is 292 g/mol. The summed E-state index contributed by atoms with van der Waals surface area (Å²) in [6.45, 7) is 6.63. The van der Waals surface area contributed by atoms with Gasteiger partial charge in [-0.1, -0.05) is 0 Å². The van der Waals surface area contributed by atoms with E-state index in [1.165, 1.54) is 12.8 Å². The van der Waals surface area contributed by atoms with Gasteiger partial charge in [-0.25, -0.2) is 0 Å². The summed E-state index contributed by atoms with van der Waals surface area (Å²) in [4.78, 5) is 16.5. The number of aliphatic hydroxyl groups is 1. The Balaban J connectivity index is 1.61. The molecular formula is C15H24N4O2. The Morgan fingerprint density at radius 3 is 2.81 bits per heavy atom. The van der Waals surface area contributed by atoms with Gasteiger partial charge in [0.25, 0.3) is 5.91 Å². The minimum Gasteiger partial charge on any atom is -0.387 e. The van der Waals surface area contributed by atoms with Gasteiger partial charge < -0.3 is 14.9 Å². The molecule has 0 aliphatic carbocycles. The highest BCUT2D eigenvalue weighted by Gasteiger charge is 2.40. The molecule has 0 aromatic carbocycles. The Labute approximate surface area is 125 Å². The quantitative estimate of drug-likeness (QED) is 0.881. The summed E-state index contributed by atoms with van der Waals surface area (Å²) in [6.07, 6.45) is 6.49. The van der Waals surface area contributed by atoms with Crippen LogP contribution in [0, 0.1) is 0 Å². The topological polar surface area (TPSA) is 61.6 Å². The summed E-state index contributed by atoms with van der Waals surface area (Å²) in [7, 11) is 0. The molecule has 21 heavy (non-hydrogen) atoms. The average Bonchev–Trinajstić information content (AvgIpc) is 3.18. The third-order valence-electron chi connectivity index (χ3n) is 4.54. The molecule has 2 fully saturated rings. The van der Waals surface area contributed by atoms with Gasteiger partial charge in [0.05, 0.1) is 23.9 Å². The summed E-state index contributed by atoms with van der Waals surface area (Å²) in [5, 5.41) is 14.9. The largest absolute Gasteiger partial charge is 0.387 e. The van der Waals surface area contributed by atoms with E-state index >= 15 is 0 Å². The molecule has 1 N–H and O–H groups in total. The number of carbonyl (C=O) groups is 1. The SMILES string of the molecule is CCn1cc(C(=O)N2CCC(O)(CN3CCCC3)C2)cn1. The van der Waals surface area contributed by atoms with Crippen molar-refractivity contribution in [3.05, 3.63) is 18.0 Å². The minimum atomic E-state index is -0.749. The van der Waals surface area contributed by atoms with Crippen LogP contribution in [0.3, 0.4) is 0 Å². The molecule has 2 saturated heterocycles. The van der Waals surface area contributed by atoms with E-state index in [1.807, 2.05) is 6.92 Å². The number of hydrogen-bond donors (Lipinski definition) is 1. The molecule has 0 bridgehead atoms. The highest BCUT2D eigenvalue weighted by Crippen LogP contribution is 2.25. The van der Waals surface area contributed by atoms with E-state index in [-0.39, 0.29) is 5.91 Å². The van der Waals surface area contributed by atoms with E-state index < -0.39 is 5.60 Å². The van der Waals surface area contributed by atoms with Crippen molar-refractivity contribution in [2.75, 3.05) is 32.7 Å². The number of likely N-dealkylation sites (tertiary alicyclic amines) is 2. The zero-order valence-electron chi connectivity index (χ0n) is 12.7. The minimum absolute atomic E-state index is 0.0213. The molecule has 1 atom stereocenters. The number of aromatic nitrogens is 2. The molecule has 1 aromatic heterocycles. The molecular weight excluding hydrogens is 268 g/mol. The maximum atomic E-state index is 12.4. The molecule has 1 amide bonds. The van der Waals surface area contributed by atoms with Gasteiger partial charge in [-0.2, -0.15) is 5.10 Å². The first-order valence-corrected chi connectivity index (χ1v) is 7.86. The first kappa shape index (κ1) is 14.5. The highest BCUT2D eigenvalue weighted by atomic mass is 16.3. The molecule has 2 aliphatic heterocycles. The van der Waals surface area contributed by atoms with Gasteiger partial charge in [-0.3, -0.25) is 9.48 Å². The van der Waals surface area contributed by atoms with Gasteiger partial charge in [0.2, 0.25) is 0 Å². The van der Waals surface area contributed by atoms with Gasteiger partial charge in [0.15, 0.2) is 0 Å². The number of aryl methyl sites for hydroxylation is 1. The lowest BCUT2D eigenvalue weighted by molar-refractivity contribution is 0.0175. The molecule has 3 rings (SSSR count). The van der Waals surface area contributed by atoms with Crippen molar-refractivity contribution in [1.29, 1.82) is 0 Å². The molecule has 3 heterocycles. The molecule has 116 valence electrons. The van der Waals surface area contributed by atoms with E-state index in [0.717, 1.165) is 19.6 Å². The van der Waals surface area contributed by atoms with Crippen LogP contribution in [-0.4, -0.2) is 68.9 Å². The Hall–Kier alpha value is -1.40. The van der Waals surface area contributed by atoms with E-state index in [2.05, 4.69) is 10.00 Å². The zero-order valence-corrected chi connectivity index (χ0v) is 12.7. The van der Waals surface area contributed by atoms with Crippen LogP contribution >= 0.6 is 0 Å². The van der Waals surface area contributed by atoms with Gasteiger partial charge >= 0.3 is 0 Å². The first-order valence-electron chi connectivity index (χ1n) is 7.86. The fourth-order valence-corrected chi connectivity index (χ4v) is 3.35. The lowest BCUT2D eigenvalue weighted by atomic mass is 10.0. The van der Waals surface area contributed by atoms with E-state index in [4.69, 9.17) is 0 Å². The maximum Gasteiger partial charge on any atom is 0.257 e. The maximum absolute atomic E-state index is 12.4. The second-order valence-electron chi connectivity index (χ2n) is 6.27. The van der Waals surface area contributed by atoms with E-state index in [9.17, 15) is 9.90 Å². The van der Waals surface area contributed by atoms with Crippen molar-refractivity contribution in [3.63, 3.8) is 0 Å². The second-order valence-corrected chi connectivity index (χ2v) is 6.27. The third kappa shape index (κ3) is 3.11. The normalized spacial score (nSPS) is 26.7. The lowest BCUT2D eigenvalue weighted by Gasteiger charge is -2.28. The molecule has 6 nitrogen and oxygen atoms in total. The standard InChI is InChI=1S/C15H24N4O2/c1-2-19-10-13(9-16-19)14(20)18-8-5-15(21,12-18)11-17-6-3-4-7-17/h9-10,21H,2-8,11-12H2,1H3. The highest BCUT2D eigenvalue weighted by molar-refractivity contribution is 5.94. The van der Waals surface area contributed by atoms with Crippen LogP contribution in [0.4, 0.5) is 0 Å². The predicted octanol–water partition coefficient (Wildman–Crippen LogP) is 0.576. The van der Waals surface area contributed by atoms with Crippen LogP contribution < -0.4 is 0 Å². The fraction of sp³-hybridized carbons (Fsp3) is 0.733. The van der Waals surface area contributed by atoms with Crippen LogP contribution in [0.2, 0.25) is 0 Å². The number of nitrogens with zero attached hydrogens (tertiary/aromatic N) is 4. The molecule has 2 aliphatic rings. The van der Waals surface area contributed by atoms with Crippen molar-refractivity contribution >= 4 is 5.91 Å². The van der Waals surface area contributed by atoms with Crippen molar-refractivity contribution in [1.82, 2.24) is 19.6 Å². The first-order chi connectivity index (χ1) is 10.1. The molecule has 6 heteroatoms. The van der Waals surface area contributed by atoms with Gasteiger partial charge in [0.1, 0.15) is 0 Å². The summed E-state index contributed by atoms with van der Waals surface area (Å²) in [6, 6.07) is 0. The number of carbonyl (C=O) groups excluding carboxylic acids is 1. The van der Waals surface area contributed by atoms with Crippen LogP contribution in [-0.2, 0) is 6.54 Å². The van der Waals surface area contributed by atoms with Crippen molar-refractivity contribution < 1.29 is 9.90 Å². The Morgan fingerprint density at radius 1 is 1.38 bits per heavy atom. The third-order valence-corrected chi connectivity index (χ3v) is 4.54. The molecule has 1 unspecified atom stereocenters. The fourth-order valence-electron chi connectivity index (χ4n) is 3.35. The van der Waals surface area contributed by atoms with E-state index in [0.29, 0.717) is 31.6 Å². The van der Waals surface area contributed by atoms with Gasteiger partial charge in [0, 0.05) is 25.8 Å². The lowest BCUT2D eigenvalue weighted by Crippen LogP contribution is -2.45. The Morgan fingerprint density at radius 2 is 2.14 bits per heavy atom. The number of β-amino-alcohol motifs (C(OH)–C–C–N with tert-alkyl or cyclic N) is 1. The van der Waals surface area contributed by atoms with Gasteiger partial charge in [-0.15, -0.1) is 0 Å². The summed E-state index contributed by atoms with van der Waals surface area (Å²) in [5.74, 6) is -0.0213. The summed E-state index contributed by atoms with van der Waals surface area (Å²) in [5.41, 5.74) is -0.136. The van der Waals surface area contributed by atoms with Gasteiger partial charge in [-0.05, 0) is 39.3 Å². The van der Waals surface area contributed by atoms with Crippen LogP contribution in [0.5, 0.6) is 0 Å². The molecule has 1 aromatic rings. The Bertz CT molecular complexity index is 510.